The van der Waals surface area contributed by atoms with E-state index < -0.39 is 24.2 Å². The van der Waals surface area contributed by atoms with Crippen LogP contribution in [0.5, 0.6) is 0 Å². The minimum absolute atomic E-state index is 0.0181. The summed E-state index contributed by atoms with van der Waals surface area (Å²) < 4.78 is 42.5. The van der Waals surface area contributed by atoms with Crippen LogP contribution in [-0.2, 0) is 10.4 Å². The minimum Gasteiger partial charge on any atom is -0.545 e. The molecule has 1 unspecified atom stereocenters. The van der Waals surface area contributed by atoms with Crippen LogP contribution < -0.4 is 5.11 Å². The van der Waals surface area contributed by atoms with Crippen molar-refractivity contribution < 1.29 is 27.9 Å². The molecule has 0 bridgehead atoms. The summed E-state index contributed by atoms with van der Waals surface area (Å²) in [6.07, 6.45) is -5.46. The molecule has 0 fully saturated rings. The number of carboxylic acids is 1. The highest BCUT2D eigenvalue weighted by Crippen LogP contribution is 2.50. The number of nitrogens with zero attached hydrogens (tertiary/aromatic N) is 1. The van der Waals surface area contributed by atoms with E-state index in [4.69, 9.17) is 28.0 Å². The summed E-state index contributed by atoms with van der Waals surface area (Å²) in [5.74, 6) is -1.39. The summed E-state index contributed by atoms with van der Waals surface area (Å²) >= 11 is 11.8. The average Bonchev–Trinajstić information content (AvgIpc) is 3.13. The Bertz CT molecular complexity index is 1190. The predicted octanol–water partition coefficient (Wildman–Crippen LogP) is 5.09. The first kappa shape index (κ1) is 20.5. The molecule has 0 saturated carbocycles. The Kier molecular flexibility index (Phi) is 4.91. The quantitative estimate of drug-likeness (QED) is 0.555. The van der Waals surface area contributed by atoms with Crippen molar-refractivity contribution in [2.24, 2.45) is 5.16 Å². The summed E-state index contributed by atoms with van der Waals surface area (Å²) in [5.41, 5.74) is -2.77. The van der Waals surface area contributed by atoms with Gasteiger partial charge in [-0.15, -0.1) is 0 Å². The van der Waals surface area contributed by atoms with Crippen LogP contribution >= 0.6 is 23.2 Å². The van der Waals surface area contributed by atoms with Crippen molar-refractivity contribution in [1.82, 2.24) is 0 Å². The maximum atomic E-state index is 14.2. The summed E-state index contributed by atoms with van der Waals surface area (Å²) in [5, 5.41) is 15.9. The molecule has 4 rings (SSSR count). The molecule has 1 aliphatic heterocycles. The Morgan fingerprint density at radius 1 is 1.03 bits per heavy atom. The van der Waals surface area contributed by atoms with Crippen molar-refractivity contribution in [2.45, 2.75) is 18.2 Å². The van der Waals surface area contributed by atoms with Crippen LogP contribution in [0, 0.1) is 0 Å². The van der Waals surface area contributed by atoms with E-state index in [1.54, 1.807) is 24.3 Å². The molecule has 1 aliphatic rings. The second-order valence-electron chi connectivity index (χ2n) is 6.78. The van der Waals surface area contributed by atoms with Crippen molar-refractivity contribution in [2.75, 3.05) is 0 Å². The molecular formula is C21H11Cl2F3NO3-. The van der Waals surface area contributed by atoms with Crippen LogP contribution in [0.15, 0.2) is 59.8 Å². The van der Waals surface area contributed by atoms with Crippen LogP contribution in [0.1, 0.15) is 27.9 Å². The van der Waals surface area contributed by atoms with E-state index >= 15 is 0 Å². The van der Waals surface area contributed by atoms with E-state index in [9.17, 15) is 23.1 Å². The number of hydrogen-bond donors (Lipinski definition) is 0. The first-order valence-electron chi connectivity index (χ1n) is 8.64. The van der Waals surface area contributed by atoms with Gasteiger partial charge in [0.05, 0.1) is 11.7 Å². The van der Waals surface area contributed by atoms with Gasteiger partial charge in [0.1, 0.15) is 0 Å². The van der Waals surface area contributed by atoms with Crippen molar-refractivity contribution in [3.05, 3.63) is 81.3 Å². The fraction of sp³-hybridized carbons (Fsp3) is 0.143. The lowest BCUT2D eigenvalue weighted by Gasteiger charge is -2.29. The third-order valence-electron chi connectivity index (χ3n) is 4.97. The van der Waals surface area contributed by atoms with E-state index in [-0.39, 0.29) is 26.9 Å². The highest BCUT2D eigenvalue weighted by molar-refractivity contribution is 6.34. The molecule has 1 atom stereocenters. The SMILES string of the molecule is O=C([O-])c1ccc(C2=NOC(c3cc(Cl)cc(Cl)c3)(C(F)(F)F)C2)c2ccccc12. The van der Waals surface area contributed by atoms with E-state index in [0.717, 1.165) is 12.1 Å². The van der Waals surface area contributed by atoms with Gasteiger partial charge < -0.3 is 14.7 Å². The number of carboxylic acid groups (broad SMARTS) is 1. The number of fused-ring (bicyclic) bond motifs is 1. The molecule has 0 spiro atoms. The monoisotopic (exact) mass is 452 g/mol. The number of carbonyl (C=O) groups is 1. The Morgan fingerprint density at radius 2 is 1.67 bits per heavy atom. The summed E-state index contributed by atoms with van der Waals surface area (Å²) in [4.78, 5) is 16.4. The first-order chi connectivity index (χ1) is 14.1. The molecule has 3 aromatic carbocycles. The van der Waals surface area contributed by atoms with E-state index in [1.165, 1.54) is 18.2 Å². The van der Waals surface area contributed by atoms with Crippen molar-refractivity contribution in [3.8, 4) is 0 Å². The number of carbonyl (C=O) groups excluding carboxylic acids is 1. The lowest BCUT2D eigenvalue weighted by atomic mass is 9.85. The number of rotatable bonds is 3. The molecule has 4 nitrogen and oxygen atoms in total. The molecule has 154 valence electrons. The van der Waals surface area contributed by atoms with Gasteiger partial charge in [0, 0.05) is 33.2 Å². The standard InChI is InChI=1S/C21H12Cl2F3NO3/c22-12-7-11(8-13(23)9-12)20(21(24,25)26)10-18(27-30-20)16-5-6-17(19(28)29)15-4-2-1-3-14(15)16/h1-9H,10H2,(H,28,29)/p-1. The third-order valence-corrected chi connectivity index (χ3v) is 5.41. The zero-order valence-corrected chi connectivity index (χ0v) is 16.5. The maximum Gasteiger partial charge on any atom is 0.435 e. The third kappa shape index (κ3) is 3.28. The second kappa shape index (κ2) is 7.18. The summed E-state index contributed by atoms with van der Waals surface area (Å²) in [6.45, 7) is 0. The fourth-order valence-electron chi connectivity index (χ4n) is 3.56. The van der Waals surface area contributed by atoms with Gasteiger partial charge >= 0.3 is 6.18 Å². The van der Waals surface area contributed by atoms with Crippen LogP contribution in [-0.4, -0.2) is 17.9 Å². The molecule has 3 aromatic rings. The van der Waals surface area contributed by atoms with Crippen LogP contribution in [0.4, 0.5) is 13.2 Å². The zero-order valence-electron chi connectivity index (χ0n) is 15.0. The van der Waals surface area contributed by atoms with Crippen molar-refractivity contribution in [3.63, 3.8) is 0 Å². The lowest BCUT2D eigenvalue weighted by Crippen LogP contribution is -2.42. The number of benzene rings is 3. The maximum absolute atomic E-state index is 14.2. The smallest absolute Gasteiger partial charge is 0.435 e. The Balaban J connectivity index is 1.84. The first-order valence-corrected chi connectivity index (χ1v) is 9.40. The largest absolute Gasteiger partial charge is 0.545 e. The van der Waals surface area contributed by atoms with Gasteiger partial charge in [-0.3, -0.25) is 0 Å². The summed E-state index contributed by atoms with van der Waals surface area (Å²) in [7, 11) is 0. The molecular weight excluding hydrogens is 442 g/mol. The second-order valence-corrected chi connectivity index (χ2v) is 7.66. The molecule has 0 aromatic heterocycles. The molecule has 0 radical (unpaired) electrons. The fourth-order valence-corrected chi connectivity index (χ4v) is 4.09. The normalized spacial score (nSPS) is 18.9. The average molecular weight is 453 g/mol. The van der Waals surface area contributed by atoms with Crippen LogP contribution in [0.2, 0.25) is 10.0 Å². The van der Waals surface area contributed by atoms with Gasteiger partial charge in [-0.25, -0.2) is 0 Å². The number of hydrogen-bond acceptors (Lipinski definition) is 4. The molecule has 0 N–H and O–H groups in total. The van der Waals surface area contributed by atoms with E-state index in [2.05, 4.69) is 5.16 Å². The number of aromatic carboxylic acids is 1. The molecule has 0 saturated heterocycles. The van der Waals surface area contributed by atoms with Crippen LogP contribution in [0.25, 0.3) is 10.8 Å². The number of alkyl halides is 3. The summed E-state index contributed by atoms with van der Waals surface area (Å²) in [6, 6.07) is 12.7. The predicted molar refractivity (Wildman–Crippen MR) is 105 cm³/mol. The Morgan fingerprint density at radius 3 is 2.27 bits per heavy atom. The zero-order chi connectivity index (χ0) is 21.7. The van der Waals surface area contributed by atoms with Gasteiger partial charge in [-0.2, -0.15) is 13.2 Å². The van der Waals surface area contributed by atoms with Gasteiger partial charge in [0.2, 0.25) is 0 Å². The van der Waals surface area contributed by atoms with Gasteiger partial charge in [0.25, 0.3) is 5.60 Å². The van der Waals surface area contributed by atoms with E-state index in [0.29, 0.717) is 16.3 Å². The Hall–Kier alpha value is -2.77. The molecule has 30 heavy (non-hydrogen) atoms. The highest BCUT2D eigenvalue weighted by Gasteiger charge is 2.62. The van der Waals surface area contributed by atoms with Gasteiger partial charge in [-0.05, 0) is 29.0 Å². The van der Waals surface area contributed by atoms with Crippen LogP contribution in [0.3, 0.4) is 0 Å². The van der Waals surface area contributed by atoms with Gasteiger partial charge in [0.15, 0.2) is 0 Å². The number of oxime groups is 1. The molecule has 9 heteroatoms. The molecule has 0 amide bonds. The molecule has 0 aliphatic carbocycles. The molecule has 1 heterocycles. The topological polar surface area (TPSA) is 61.7 Å². The minimum atomic E-state index is -4.83. The lowest BCUT2D eigenvalue weighted by molar-refractivity contribution is -0.275. The van der Waals surface area contributed by atoms with Crippen molar-refractivity contribution in [1.29, 1.82) is 0 Å². The Labute approximate surface area is 178 Å². The van der Waals surface area contributed by atoms with E-state index in [1.807, 2.05) is 0 Å². The van der Waals surface area contributed by atoms with Gasteiger partial charge in [-0.1, -0.05) is 64.8 Å². The number of halogens is 5. The van der Waals surface area contributed by atoms with Crippen molar-refractivity contribution >= 4 is 45.7 Å². The highest BCUT2D eigenvalue weighted by atomic mass is 35.5.